The molecule has 0 unspecified atom stereocenters. The van der Waals surface area contributed by atoms with Crippen molar-refractivity contribution in [2.24, 2.45) is 0 Å². The van der Waals surface area contributed by atoms with Gasteiger partial charge < -0.3 is 19.7 Å². The second-order valence-corrected chi connectivity index (χ2v) is 10.3. The van der Waals surface area contributed by atoms with Crippen LogP contribution in [0.1, 0.15) is 51.2 Å². The van der Waals surface area contributed by atoms with Crippen LogP contribution in [-0.2, 0) is 10.2 Å². The molecule has 0 aliphatic carbocycles. The van der Waals surface area contributed by atoms with E-state index in [-0.39, 0.29) is 11.5 Å². The third kappa shape index (κ3) is 6.26. The van der Waals surface area contributed by atoms with Crippen molar-refractivity contribution in [1.29, 1.82) is 0 Å². The van der Waals surface area contributed by atoms with Crippen LogP contribution in [0.5, 0.6) is 5.75 Å². The molecule has 1 fully saturated rings. The molecular formula is C26H35BrN2O3. The van der Waals surface area contributed by atoms with Crippen LogP contribution < -0.4 is 10.1 Å². The Hall–Kier alpha value is -2.05. The summed E-state index contributed by atoms with van der Waals surface area (Å²) >= 11 is 3.66. The van der Waals surface area contributed by atoms with E-state index < -0.39 is 5.60 Å². The maximum absolute atomic E-state index is 11.8. The van der Waals surface area contributed by atoms with Gasteiger partial charge in [0, 0.05) is 22.0 Å². The summed E-state index contributed by atoms with van der Waals surface area (Å²) in [5, 5.41) is 2.86. The highest BCUT2D eigenvalue weighted by molar-refractivity contribution is 9.10. The molecule has 1 aliphatic heterocycles. The Morgan fingerprint density at radius 3 is 2.44 bits per heavy atom. The van der Waals surface area contributed by atoms with Crippen molar-refractivity contribution in [3.05, 3.63) is 64.1 Å². The molecule has 0 radical (unpaired) electrons. The van der Waals surface area contributed by atoms with Gasteiger partial charge in [0.05, 0.1) is 7.11 Å². The van der Waals surface area contributed by atoms with E-state index in [4.69, 9.17) is 9.47 Å². The Labute approximate surface area is 200 Å². The zero-order valence-electron chi connectivity index (χ0n) is 19.6. The van der Waals surface area contributed by atoms with Gasteiger partial charge >= 0.3 is 6.09 Å². The van der Waals surface area contributed by atoms with Crippen LogP contribution in [-0.4, -0.2) is 49.9 Å². The molecule has 1 N–H and O–H groups in total. The van der Waals surface area contributed by atoms with E-state index in [9.17, 15) is 4.79 Å². The fourth-order valence-electron chi connectivity index (χ4n) is 4.49. The van der Waals surface area contributed by atoms with Crippen LogP contribution >= 0.6 is 15.9 Å². The van der Waals surface area contributed by atoms with Gasteiger partial charge in [0.25, 0.3) is 0 Å². The molecule has 2 aromatic rings. The number of methoxy groups -OCH3 is 1. The first kappa shape index (κ1) is 24.6. The Kier molecular flexibility index (Phi) is 8.23. The van der Waals surface area contributed by atoms with E-state index in [1.807, 2.05) is 26.8 Å². The number of halogens is 1. The number of likely N-dealkylation sites (tertiary alicyclic amines) is 1. The molecular weight excluding hydrogens is 468 g/mol. The molecule has 1 aliphatic rings. The molecule has 0 atom stereocenters. The summed E-state index contributed by atoms with van der Waals surface area (Å²) in [5.41, 5.74) is 2.03. The normalized spacial score (nSPS) is 16.4. The molecule has 1 saturated heterocycles. The zero-order valence-corrected chi connectivity index (χ0v) is 21.2. The molecule has 5 nitrogen and oxygen atoms in total. The molecule has 6 heteroatoms. The maximum atomic E-state index is 11.8. The lowest BCUT2D eigenvalue weighted by Crippen LogP contribution is -2.44. The van der Waals surface area contributed by atoms with Crippen molar-refractivity contribution in [1.82, 2.24) is 10.2 Å². The summed E-state index contributed by atoms with van der Waals surface area (Å²) < 4.78 is 12.2. The van der Waals surface area contributed by atoms with Crippen LogP contribution in [0.3, 0.4) is 0 Å². The van der Waals surface area contributed by atoms with Gasteiger partial charge in [-0.3, -0.25) is 0 Å². The van der Waals surface area contributed by atoms with Gasteiger partial charge in [-0.15, -0.1) is 0 Å². The van der Waals surface area contributed by atoms with Crippen molar-refractivity contribution < 1.29 is 14.3 Å². The number of hydrogen-bond acceptors (Lipinski definition) is 4. The Balaban J connectivity index is 1.66. The van der Waals surface area contributed by atoms with Crippen molar-refractivity contribution in [3.63, 3.8) is 0 Å². The molecule has 3 rings (SSSR count). The summed E-state index contributed by atoms with van der Waals surface area (Å²) in [6.45, 7) is 9.19. The predicted octanol–water partition coefficient (Wildman–Crippen LogP) is 5.75. The smallest absolute Gasteiger partial charge is 0.407 e. The highest BCUT2D eigenvalue weighted by Crippen LogP contribution is 2.46. The first-order valence-electron chi connectivity index (χ1n) is 11.3. The lowest BCUT2D eigenvalue weighted by atomic mass is 9.67. The Morgan fingerprint density at radius 2 is 1.81 bits per heavy atom. The number of carbonyl (C=O) groups is 1. The van der Waals surface area contributed by atoms with E-state index in [0.29, 0.717) is 6.54 Å². The van der Waals surface area contributed by atoms with Crippen LogP contribution in [0.25, 0.3) is 0 Å². The molecule has 0 aromatic heterocycles. The van der Waals surface area contributed by atoms with Gasteiger partial charge in [0.2, 0.25) is 0 Å². The lowest BCUT2D eigenvalue weighted by Gasteiger charge is -2.43. The number of benzene rings is 2. The Morgan fingerprint density at radius 1 is 1.12 bits per heavy atom. The fourth-order valence-corrected chi connectivity index (χ4v) is 4.85. The summed E-state index contributed by atoms with van der Waals surface area (Å²) in [4.78, 5) is 14.3. The maximum Gasteiger partial charge on any atom is 0.407 e. The van der Waals surface area contributed by atoms with Crippen LogP contribution in [0.2, 0.25) is 0 Å². The third-order valence-corrected chi connectivity index (χ3v) is 6.53. The monoisotopic (exact) mass is 502 g/mol. The number of piperidine rings is 1. The number of alkyl carbamates (subject to hydrolysis) is 1. The van der Waals surface area contributed by atoms with Gasteiger partial charge in [-0.25, -0.2) is 4.79 Å². The highest BCUT2D eigenvalue weighted by atomic mass is 79.9. The highest BCUT2D eigenvalue weighted by Gasteiger charge is 2.39. The first-order chi connectivity index (χ1) is 15.2. The summed E-state index contributed by atoms with van der Waals surface area (Å²) in [6, 6.07) is 17.1. The average Bonchev–Trinajstić information content (AvgIpc) is 2.76. The zero-order chi connectivity index (χ0) is 23.2. The second kappa shape index (κ2) is 10.7. The van der Waals surface area contributed by atoms with Gasteiger partial charge in [-0.1, -0.05) is 46.3 Å². The standard InChI is InChI=1S/C26H35BrN2O3/c1-25(2,3)32-24(30)28-15-8-16-29-17-13-26(14-18-29,20-9-6-5-7-10-20)22-19-21(27)11-12-23(22)31-4/h5-7,9-12,19H,8,13-18H2,1-4H3,(H,28,30). The lowest BCUT2D eigenvalue weighted by molar-refractivity contribution is 0.0525. The number of hydrogen-bond donors (Lipinski definition) is 1. The third-order valence-electron chi connectivity index (χ3n) is 6.03. The molecule has 0 saturated carbocycles. The van der Waals surface area contributed by atoms with Gasteiger partial charge in [-0.2, -0.15) is 0 Å². The molecule has 1 heterocycles. The number of carbonyl (C=O) groups excluding carboxylic acids is 1. The first-order valence-corrected chi connectivity index (χ1v) is 12.1. The number of nitrogens with zero attached hydrogens (tertiary/aromatic N) is 1. The molecule has 0 spiro atoms. The van der Waals surface area contributed by atoms with Crippen LogP contribution in [0.15, 0.2) is 53.0 Å². The Bertz CT molecular complexity index is 888. The molecule has 32 heavy (non-hydrogen) atoms. The summed E-state index contributed by atoms with van der Waals surface area (Å²) in [5.74, 6) is 0.937. The van der Waals surface area contributed by atoms with Crippen molar-refractivity contribution in [2.45, 2.75) is 51.0 Å². The number of amides is 1. The SMILES string of the molecule is COc1ccc(Br)cc1C1(c2ccccc2)CCN(CCCNC(=O)OC(C)(C)C)CC1. The van der Waals surface area contributed by atoms with Crippen LogP contribution in [0, 0.1) is 0 Å². The van der Waals surface area contributed by atoms with Gasteiger partial charge in [-0.05, 0) is 83.4 Å². The number of ether oxygens (including phenoxy) is 2. The molecule has 1 amide bonds. The van der Waals surface area contributed by atoms with Crippen LogP contribution in [0.4, 0.5) is 4.79 Å². The number of nitrogens with one attached hydrogen (secondary N) is 1. The minimum absolute atomic E-state index is 0.0817. The molecule has 0 bridgehead atoms. The minimum atomic E-state index is -0.467. The summed E-state index contributed by atoms with van der Waals surface area (Å²) in [7, 11) is 1.75. The van der Waals surface area contributed by atoms with Crippen molar-refractivity contribution in [3.8, 4) is 5.75 Å². The van der Waals surface area contributed by atoms with Gasteiger partial charge in [0.15, 0.2) is 0 Å². The van der Waals surface area contributed by atoms with E-state index in [2.05, 4.69) is 68.6 Å². The predicted molar refractivity (Wildman–Crippen MR) is 132 cm³/mol. The van der Waals surface area contributed by atoms with Crippen molar-refractivity contribution >= 4 is 22.0 Å². The molecule has 174 valence electrons. The van der Waals surface area contributed by atoms with Gasteiger partial charge in [0.1, 0.15) is 11.4 Å². The van der Waals surface area contributed by atoms with E-state index >= 15 is 0 Å². The second-order valence-electron chi connectivity index (χ2n) is 9.42. The quantitative estimate of drug-likeness (QED) is 0.489. The number of rotatable bonds is 7. The fraction of sp³-hybridized carbons (Fsp3) is 0.500. The average molecular weight is 503 g/mol. The van der Waals surface area contributed by atoms with E-state index in [1.54, 1.807) is 7.11 Å². The van der Waals surface area contributed by atoms with E-state index in [0.717, 1.165) is 49.1 Å². The summed E-state index contributed by atoms with van der Waals surface area (Å²) in [6.07, 6.45) is 2.59. The van der Waals surface area contributed by atoms with Crippen molar-refractivity contribution in [2.75, 3.05) is 33.3 Å². The van der Waals surface area contributed by atoms with E-state index in [1.165, 1.54) is 11.1 Å². The largest absolute Gasteiger partial charge is 0.496 e. The molecule has 2 aromatic carbocycles. The minimum Gasteiger partial charge on any atom is -0.496 e. The topological polar surface area (TPSA) is 50.8 Å².